The maximum absolute atomic E-state index is 2.26. The lowest BCUT2D eigenvalue weighted by Crippen LogP contribution is -2.09. The average molecular weight is 221 g/mol. The van der Waals surface area contributed by atoms with Crippen molar-refractivity contribution in [2.24, 2.45) is 0 Å². The van der Waals surface area contributed by atoms with Crippen LogP contribution in [0.15, 0.2) is 54.6 Å². The fraction of sp³-hybridized carbons (Fsp3) is 0.125. The molecule has 0 amide bonds. The van der Waals surface area contributed by atoms with Crippen molar-refractivity contribution in [3.8, 4) is 0 Å². The zero-order chi connectivity index (χ0) is 11.8. The first-order valence-corrected chi connectivity index (χ1v) is 5.85. The molecule has 0 unspecified atom stereocenters. The van der Waals surface area contributed by atoms with Crippen LogP contribution in [0.2, 0.25) is 0 Å². The molecule has 3 aromatic rings. The molecule has 0 aliphatic carbocycles. The summed E-state index contributed by atoms with van der Waals surface area (Å²) in [4.78, 5) is 2.20. The normalized spacial score (nSPS) is 10.9. The Morgan fingerprint density at radius 2 is 1.18 bits per heavy atom. The smallest absolute Gasteiger partial charge is 0.0520 e. The van der Waals surface area contributed by atoms with E-state index in [4.69, 9.17) is 0 Å². The van der Waals surface area contributed by atoms with Gasteiger partial charge in [-0.25, -0.2) is 0 Å². The van der Waals surface area contributed by atoms with Crippen molar-refractivity contribution in [2.75, 3.05) is 19.0 Å². The van der Waals surface area contributed by atoms with Crippen LogP contribution >= 0.6 is 0 Å². The van der Waals surface area contributed by atoms with Gasteiger partial charge in [-0.3, -0.25) is 0 Å². The third-order valence-electron chi connectivity index (χ3n) is 3.19. The molecule has 0 bridgehead atoms. The highest BCUT2D eigenvalue weighted by Crippen LogP contribution is 2.34. The van der Waals surface area contributed by atoms with E-state index in [0.717, 1.165) is 0 Å². The van der Waals surface area contributed by atoms with Crippen molar-refractivity contribution in [1.29, 1.82) is 0 Å². The van der Waals surface area contributed by atoms with Gasteiger partial charge < -0.3 is 4.90 Å². The monoisotopic (exact) mass is 221 g/mol. The number of fused-ring (bicyclic) bond motifs is 2. The second kappa shape index (κ2) is 3.77. The van der Waals surface area contributed by atoms with Crippen molar-refractivity contribution in [2.45, 2.75) is 0 Å². The van der Waals surface area contributed by atoms with E-state index in [1.807, 2.05) is 0 Å². The van der Waals surface area contributed by atoms with Crippen LogP contribution in [0.4, 0.5) is 5.69 Å². The highest BCUT2D eigenvalue weighted by molar-refractivity contribution is 6.11. The first-order valence-electron chi connectivity index (χ1n) is 5.85. The minimum atomic E-state index is 1.30. The Morgan fingerprint density at radius 1 is 0.706 bits per heavy atom. The van der Waals surface area contributed by atoms with Gasteiger partial charge in [-0.2, -0.15) is 0 Å². The van der Waals surface area contributed by atoms with Crippen molar-refractivity contribution >= 4 is 27.2 Å². The van der Waals surface area contributed by atoms with E-state index in [0.29, 0.717) is 0 Å². The Morgan fingerprint density at radius 3 is 1.65 bits per heavy atom. The summed E-state index contributed by atoms with van der Waals surface area (Å²) in [6, 6.07) is 19.4. The molecule has 0 radical (unpaired) electrons. The van der Waals surface area contributed by atoms with Crippen molar-refractivity contribution < 1.29 is 0 Å². The molecule has 1 heteroatoms. The van der Waals surface area contributed by atoms with Crippen LogP contribution in [0.1, 0.15) is 0 Å². The number of hydrogen-bond acceptors (Lipinski definition) is 1. The van der Waals surface area contributed by atoms with Gasteiger partial charge in [0.05, 0.1) is 5.69 Å². The molecular weight excluding hydrogens is 206 g/mol. The molecule has 84 valence electrons. The van der Waals surface area contributed by atoms with Gasteiger partial charge in [0.25, 0.3) is 0 Å². The summed E-state index contributed by atoms with van der Waals surface area (Å²) < 4.78 is 0. The lowest BCUT2D eigenvalue weighted by molar-refractivity contribution is 1.15. The maximum Gasteiger partial charge on any atom is 0.0520 e. The molecule has 1 nitrogen and oxygen atoms in total. The van der Waals surface area contributed by atoms with Crippen molar-refractivity contribution in [3.05, 3.63) is 54.6 Å². The molecule has 0 fully saturated rings. The van der Waals surface area contributed by atoms with Gasteiger partial charge in [0, 0.05) is 24.9 Å². The van der Waals surface area contributed by atoms with E-state index in [1.54, 1.807) is 0 Å². The van der Waals surface area contributed by atoms with Crippen molar-refractivity contribution in [3.63, 3.8) is 0 Å². The lowest BCUT2D eigenvalue weighted by atomic mass is 10.0. The average Bonchev–Trinajstić information content (AvgIpc) is 2.35. The fourth-order valence-electron chi connectivity index (χ4n) is 2.47. The van der Waals surface area contributed by atoms with Gasteiger partial charge in [-0.1, -0.05) is 48.5 Å². The van der Waals surface area contributed by atoms with Crippen LogP contribution in [-0.2, 0) is 0 Å². The minimum absolute atomic E-state index is 1.30. The number of rotatable bonds is 1. The molecule has 0 aliphatic rings. The van der Waals surface area contributed by atoms with Gasteiger partial charge in [0.1, 0.15) is 0 Å². The molecule has 17 heavy (non-hydrogen) atoms. The lowest BCUT2D eigenvalue weighted by Gasteiger charge is -2.18. The fourth-order valence-corrected chi connectivity index (χ4v) is 2.47. The van der Waals surface area contributed by atoms with Crippen LogP contribution < -0.4 is 4.90 Å². The quantitative estimate of drug-likeness (QED) is 0.560. The van der Waals surface area contributed by atoms with E-state index >= 15 is 0 Å². The van der Waals surface area contributed by atoms with Crippen LogP contribution in [0.3, 0.4) is 0 Å². The standard InChI is InChI=1S/C16H15N/c1-17(2)16-14-9-5-3-7-12(14)11-13-8-4-6-10-15(13)16/h3-11H,1-2H3. The predicted molar refractivity (Wildman–Crippen MR) is 75.8 cm³/mol. The second-order valence-electron chi connectivity index (χ2n) is 4.56. The molecule has 0 saturated heterocycles. The second-order valence-corrected chi connectivity index (χ2v) is 4.56. The molecule has 3 rings (SSSR count). The molecule has 0 saturated carbocycles. The third kappa shape index (κ3) is 1.55. The summed E-state index contributed by atoms with van der Waals surface area (Å²) in [5, 5.41) is 5.23. The first-order chi connectivity index (χ1) is 8.27. The highest BCUT2D eigenvalue weighted by atomic mass is 15.1. The Kier molecular flexibility index (Phi) is 2.25. The molecular formula is C16H15N. The van der Waals surface area contributed by atoms with Gasteiger partial charge in [-0.15, -0.1) is 0 Å². The predicted octanol–water partition coefficient (Wildman–Crippen LogP) is 4.06. The van der Waals surface area contributed by atoms with E-state index < -0.39 is 0 Å². The topological polar surface area (TPSA) is 3.24 Å². The van der Waals surface area contributed by atoms with Gasteiger partial charge >= 0.3 is 0 Å². The van der Waals surface area contributed by atoms with E-state index in [-0.39, 0.29) is 0 Å². The molecule has 3 aromatic carbocycles. The summed E-state index contributed by atoms with van der Waals surface area (Å²) in [5.41, 5.74) is 1.30. The number of nitrogens with zero attached hydrogens (tertiary/aromatic N) is 1. The van der Waals surface area contributed by atoms with Gasteiger partial charge in [0.2, 0.25) is 0 Å². The third-order valence-corrected chi connectivity index (χ3v) is 3.19. The van der Waals surface area contributed by atoms with E-state index in [1.165, 1.54) is 27.2 Å². The van der Waals surface area contributed by atoms with E-state index in [2.05, 4.69) is 73.6 Å². The molecule has 0 aliphatic heterocycles. The largest absolute Gasteiger partial charge is 0.377 e. The molecule has 0 spiro atoms. The molecule has 0 heterocycles. The number of anilines is 1. The van der Waals surface area contributed by atoms with Crippen LogP contribution in [-0.4, -0.2) is 14.1 Å². The molecule has 0 aromatic heterocycles. The minimum Gasteiger partial charge on any atom is -0.377 e. The summed E-state index contributed by atoms with van der Waals surface area (Å²) in [6.07, 6.45) is 0. The summed E-state index contributed by atoms with van der Waals surface area (Å²) in [7, 11) is 4.21. The Bertz CT molecular complexity index is 629. The maximum atomic E-state index is 2.26. The Labute approximate surface area is 101 Å². The number of hydrogen-bond donors (Lipinski definition) is 0. The summed E-state index contributed by atoms with van der Waals surface area (Å²) in [6.45, 7) is 0. The Balaban J connectivity index is 2.56. The van der Waals surface area contributed by atoms with Crippen molar-refractivity contribution in [1.82, 2.24) is 0 Å². The van der Waals surface area contributed by atoms with Crippen LogP contribution in [0, 0.1) is 0 Å². The number of benzene rings is 3. The van der Waals surface area contributed by atoms with E-state index in [9.17, 15) is 0 Å². The zero-order valence-corrected chi connectivity index (χ0v) is 10.1. The molecule has 0 atom stereocenters. The van der Waals surface area contributed by atoms with Gasteiger partial charge in [0.15, 0.2) is 0 Å². The Hall–Kier alpha value is -2.02. The summed E-state index contributed by atoms with van der Waals surface area (Å²) >= 11 is 0. The highest BCUT2D eigenvalue weighted by Gasteiger charge is 2.07. The summed E-state index contributed by atoms with van der Waals surface area (Å²) in [5.74, 6) is 0. The zero-order valence-electron chi connectivity index (χ0n) is 10.1. The van der Waals surface area contributed by atoms with Gasteiger partial charge in [-0.05, 0) is 16.8 Å². The SMILES string of the molecule is CN(C)c1c2ccccc2cc2ccccc12. The van der Waals surface area contributed by atoms with Crippen LogP contribution in [0.25, 0.3) is 21.5 Å². The molecule has 0 N–H and O–H groups in total. The first kappa shape index (κ1) is 10.2. The van der Waals surface area contributed by atoms with Crippen LogP contribution in [0.5, 0.6) is 0 Å².